The largest absolute Gasteiger partial charge is 0.318 e. The summed E-state index contributed by atoms with van der Waals surface area (Å²) in [7, 11) is 0. The van der Waals surface area contributed by atoms with Crippen LogP contribution >= 0.6 is 0 Å². The zero-order chi connectivity index (χ0) is 16.4. The number of hydrogen-bond donors (Lipinski definition) is 1. The van der Waals surface area contributed by atoms with E-state index >= 15 is 0 Å². The molecule has 0 aliphatic heterocycles. The van der Waals surface area contributed by atoms with E-state index in [-0.39, 0.29) is 11.4 Å². The number of amides is 1. The topological polar surface area (TPSA) is 72.7 Å². The van der Waals surface area contributed by atoms with Gasteiger partial charge in [0, 0.05) is 18.5 Å². The van der Waals surface area contributed by atoms with Gasteiger partial charge < -0.3 is 5.32 Å². The first kappa shape index (κ1) is 14.8. The second-order valence-electron chi connectivity index (χ2n) is 4.70. The summed E-state index contributed by atoms with van der Waals surface area (Å²) in [6, 6.07) is 5.93. The SMILES string of the molecule is Cc1nccn1-c1ccc(C(=O)Nc2ccc(F)cc2F)nn1. The molecule has 0 saturated carbocycles. The van der Waals surface area contributed by atoms with Crippen molar-refractivity contribution in [3.63, 3.8) is 0 Å². The minimum Gasteiger partial charge on any atom is -0.318 e. The van der Waals surface area contributed by atoms with Crippen molar-refractivity contribution in [2.75, 3.05) is 5.32 Å². The summed E-state index contributed by atoms with van der Waals surface area (Å²) in [6.07, 6.45) is 3.34. The molecule has 0 fully saturated rings. The fraction of sp³-hybridized carbons (Fsp3) is 0.0667. The van der Waals surface area contributed by atoms with Crippen LogP contribution in [0.3, 0.4) is 0 Å². The highest BCUT2D eigenvalue weighted by molar-refractivity contribution is 6.02. The maximum absolute atomic E-state index is 13.5. The lowest BCUT2D eigenvalue weighted by Crippen LogP contribution is -2.16. The van der Waals surface area contributed by atoms with Gasteiger partial charge in [0.05, 0.1) is 5.69 Å². The summed E-state index contributed by atoms with van der Waals surface area (Å²) in [6.45, 7) is 1.81. The predicted molar refractivity (Wildman–Crippen MR) is 78.2 cm³/mol. The highest BCUT2D eigenvalue weighted by Crippen LogP contribution is 2.16. The summed E-state index contributed by atoms with van der Waals surface area (Å²) in [4.78, 5) is 16.1. The van der Waals surface area contributed by atoms with E-state index < -0.39 is 17.5 Å². The number of aryl methyl sites for hydroxylation is 1. The number of nitrogens with zero attached hydrogens (tertiary/aromatic N) is 4. The van der Waals surface area contributed by atoms with Gasteiger partial charge in [0.25, 0.3) is 5.91 Å². The zero-order valence-electron chi connectivity index (χ0n) is 12.0. The van der Waals surface area contributed by atoms with Gasteiger partial charge in [0.2, 0.25) is 0 Å². The van der Waals surface area contributed by atoms with Gasteiger partial charge in [-0.2, -0.15) is 0 Å². The van der Waals surface area contributed by atoms with E-state index in [1.54, 1.807) is 30.0 Å². The Hall–Kier alpha value is -3.16. The zero-order valence-corrected chi connectivity index (χ0v) is 12.0. The van der Waals surface area contributed by atoms with Gasteiger partial charge in [-0.05, 0) is 31.2 Å². The van der Waals surface area contributed by atoms with E-state index in [9.17, 15) is 13.6 Å². The fourth-order valence-electron chi connectivity index (χ4n) is 1.97. The van der Waals surface area contributed by atoms with Gasteiger partial charge in [-0.3, -0.25) is 9.36 Å². The molecular formula is C15H11F2N5O. The van der Waals surface area contributed by atoms with Crippen LogP contribution in [0, 0.1) is 18.6 Å². The van der Waals surface area contributed by atoms with Crippen molar-refractivity contribution in [2.24, 2.45) is 0 Å². The standard InChI is InChI=1S/C15H11F2N5O/c1-9-18-6-7-22(9)14-5-4-13(20-21-14)15(23)19-12-3-2-10(16)8-11(12)17/h2-8H,1H3,(H,19,23). The van der Waals surface area contributed by atoms with E-state index in [4.69, 9.17) is 0 Å². The molecule has 1 N–H and O–H groups in total. The van der Waals surface area contributed by atoms with Crippen molar-refractivity contribution in [1.29, 1.82) is 0 Å². The molecule has 0 unspecified atom stereocenters. The van der Waals surface area contributed by atoms with Crippen molar-refractivity contribution in [1.82, 2.24) is 19.7 Å². The Morgan fingerprint density at radius 1 is 1.17 bits per heavy atom. The lowest BCUT2D eigenvalue weighted by molar-refractivity contribution is 0.102. The molecule has 8 heteroatoms. The van der Waals surface area contributed by atoms with Crippen LogP contribution in [0.5, 0.6) is 0 Å². The second-order valence-corrected chi connectivity index (χ2v) is 4.70. The van der Waals surface area contributed by atoms with Crippen LogP contribution in [0.25, 0.3) is 5.82 Å². The third-order valence-electron chi connectivity index (χ3n) is 3.14. The number of benzene rings is 1. The molecule has 0 saturated heterocycles. The Balaban J connectivity index is 1.79. The maximum Gasteiger partial charge on any atom is 0.276 e. The van der Waals surface area contributed by atoms with Crippen molar-refractivity contribution in [3.05, 3.63) is 65.9 Å². The van der Waals surface area contributed by atoms with E-state index in [2.05, 4.69) is 20.5 Å². The normalized spacial score (nSPS) is 10.6. The van der Waals surface area contributed by atoms with Crippen LogP contribution in [0.1, 0.15) is 16.3 Å². The molecule has 1 aromatic carbocycles. The summed E-state index contributed by atoms with van der Waals surface area (Å²) < 4.78 is 28.1. The second kappa shape index (κ2) is 5.91. The molecule has 2 heterocycles. The molecule has 0 radical (unpaired) electrons. The molecule has 2 aromatic heterocycles. The van der Waals surface area contributed by atoms with E-state index in [1.807, 2.05) is 0 Å². The third kappa shape index (κ3) is 3.05. The van der Waals surface area contributed by atoms with E-state index in [1.165, 1.54) is 6.07 Å². The Bertz CT molecular complexity index is 861. The Labute approximate surface area is 129 Å². The number of hydrogen-bond acceptors (Lipinski definition) is 4. The lowest BCUT2D eigenvalue weighted by Gasteiger charge is -2.07. The number of carbonyl (C=O) groups excluding carboxylic acids is 1. The number of carbonyl (C=O) groups is 1. The van der Waals surface area contributed by atoms with Gasteiger partial charge in [0.15, 0.2) is 11.5 Å². The Kier molecular flexibility index (Phi) is 3.80. The molecule has 3 rings (SSSR count). The molecule has 0 bridgehead atoms. The smallest absolute Gasteiger partial charge is 0.276 e. The van der Waals surface area contributed by atoms with Crippen molar-refractivity contribution in [3.8, 4) is 5.82 Å². The summed E-state index contributed by atoms with van der Waals surface area (Å²) >= 11 is 0. The molecule has 116 valence electrons. The first-order valence-corrected chi connectivity index (χ1v) is 6.65. The average molecular weight is 315 g/mol. The molecule has 0 atom stereocenters. The molecule has 6 nitrogen and oxygen atoms in total. The minimum atomic E-state index is -0.864. The monoisotopic (exact) mass is 315 g/mol. The molecular weight excluding hydrogens is 304 g/mol. The van der Waals surface area contributed by atoms with Crippen molar-refractivity contribution in [2.45, 2.75) is 6.92 Å². The van der Waals surface area contributed by atoms with Gasteiger partial charge in [-0.25, -0.2) is 13.8 Å². The number of nitrogens with one attached hydrogen (secondary N) is 1. The quantitative estimate of drug-likeness (QED) is 0.806. The molecule has 1 amide bonds. The van der Waals surface area contributed by atoms with E-state index in [0.717, 1.165) is 18.0 Å². The van der Waals surface area contributed by atoms with Gasteiger partial charge in [-0.1, -0.05) is 0 Å². The number of imidazole rings is 1. The van der Waals surface area contributed by atoms with Crippen LogP contribution in [-0.2, 0) is 0 Å². The van der Waals surface area contributed by atoms with Gasteiger partial charge >= 0.3 is 0 Å². The number of halogens is 2. The summed E-state index contributed by atoms with van der Waals surface area (Å²) in [5, 5.41) is 10.1. The van der Waals surface area contributed by atoms with Gasteiger partial charge in [-0.15, -0.1) is 10.2 Å². The molecule has 3 aromatic rings. The molecule has 0 aliphatic carbocycles. The van der Waals surface area contributed by atoms with E-state index in [0.29, 0.717) is 11.9 Å². The fourth-order valence-corrected chi connectivity index (χ4v) is 1.97. The number of aromatic nitrogens is 4. The molecule has 0 aliphatic rings. The number of rotatable bonds is 3. The van der Waals surface area contributed by atoms with Crippen LogP contribution in [0.4, 0.5) is 14.5 Å². The van der Waals surface area contributed by atoms with Gasteiger partial charge in [0.1, 0.15) is 17.5 Å². The van der Waals surface area contributed by atoms with Crippen molar-refractivity contribution < 1.29 is 13.6 Å². The van der Waals surface area contributed by atoms with Crippen LogP contribution in [0.15, 0.2) is 42.7 Å². The minimum absolute atomic E-state index is 0.00948. The summed E-state index contributed by atoms with van der Waals surface area (Å²) in [5.41, 5.74) is -0.122. The molecule has 23 heavy (non-hydrogen) atoms. The summed E-state index contributed by atoms with van der Waals surface area (Å²) in [5.74, 6) is -0.997. The molecule has 0 spiro atoms. The van der Waals surface area contributed by atoms with Crippen molar-refractivity contribution >= 4 is 11.6 Å². The van der Waals surface area contributed by atoms with Crippen LogP contribution < -0.4 is 5.32 Å². The lowest BCUT2D eigenvalue weighted by atomic mass is 10.2. The predicted octanol–water partition coefficient (Wildman–Crippen LogP) is 2.50. The highest BCUT2D eigenvalue weighted by atomic mass is 19.1. The third-order valence-corrected chi connectivity index (χ3v) is 3.14. The first-order valence-electron chi connectivity index (χ1n) is 6.65. The van der Waals surface area contributed by atoms with Crippen LogP contribution in [0.2, 0.25) is 0 Å². The maximum atomic E-state index is 13.5. The number of anilines is 1. The highest BCUT2D eigenvalue weighted by Gasteiger charge is 2.12. The Morgan fingerprint density at radius 3 is 2.61 bits per heavy atom. The Morgan fingerprint density at radius 2 is 2.00 bits per heavy atom. The van der Waals surface area contributed by atoms with Crippen LogP contribution in [-0.4, -0.2) is 25.7 Å². The first-order chi connectivity index (χ1) is 11.0. The average Bonchev–Trinajstić information content (AvgIpc) is 2.96.